The third-order valence-corrected chi connectivity index (χ3v) is 9.52. The first-order valence-electron chi connectivity index (χ1n) is 13.1. The predicted molar refractivity (Wildman–Crippen MR) is 168 cm³/mol. The average molecular weight is 653 g/mol. The molecule has 1 saturated heterocycles. The lowest BCUT2D eigenvalue weighted by Crippen LogP contribution is -2.29. The standard InChI is InChI=1S/C30H23Cl2N5O4S2/c1-3-41-20-8-6-7-17(13-20)25-23(26(38)24-16(2)33-22-9-4-5-12-36(22)24)27(39)28(40)37(25)29-34-35-30(43-29)42-15-18-10-11-19(31)14-21(18)32/h4-14,25,38H,3,15H2,1-2H3/b26-23+. The number of aromatic nitrogens is 4. The number of amides is 1. The van der Waals surface area contributed by atoms with Gasteiger partial charge in [0.1, 0.15) is 17.1 Å². The highest BCUT2D eigenvalue weighted by molar-refractivity contribution is 8.00. The number of aryl methyl sites for hydroxylation is 1. The van der Waals surface area contributed by atoms with Crippen molar-refractivity contribution in [3.63, 3.8) is 0 Å². The quantitative estimate of drug-likeness (QED) is 0.0621. The number of halogens is 2. The Labute approximate surface area is 264 Å². The van der Waals surface area contributed by atoms with Crippen LogP contribution in [0, 0.1) is 6.92 Å². The molecule has 5 aromatic rings. The van der Waals surface area contributed by atoms with Gasteiger partial charge in [-0.1, -0.05) is 70.6 Å². The number of rotatable bonds is 8. The Morgan fingerprint density at radius 2 is 1.93 bits per heavy atom. The van der Waals surface area contributed by atoms with E-state index in [0.29, 0.717) is 55.1 Å². The van der Waals surface area contributed by atoms with Gasteiger partial charge < -0.3 is 9.84 Å². The van der Waals surface area contributed by atoms with E-state index in [4.69, 9.17) is 27.9 Å². The lowest BCUT2D eigenvalue weighted by Gasteiger charge is -2.23. The molecule has 3 aromatic heterocycles. The molecule has 1 fully saturated rings. The second-order valence-corrected chi connectivity index (χ2v) is 12.5. The molecule has 1 unspecified atom stereocenters. The molecular weight excluding hydrogens is 629 g/mol. The first-order valence-corrected chi connectivity index (χ1v) is 15.7. The first kappa shape index (κ1) is 29.2. The Balaban J connectivity index is 1.44. The molecule has 6 rings (SSSR count). The van der Waals surface area contributed by atoms with Gasteiger partial charge in [0.2, 0.25) is 5.13 Å². The van der Waals surface area contributed by atoms with Crippen LogP contribution in [0.15, 0.2) is 76.8 Å². The molecule has 43 heavy (non-hydrogen) atoms. The maximum Gasteiger partial charge on any atom is 0.301 e. The van der Waals surface area contributed by atoms with Crippen molar-refractivity contribution in [2.75, 3.05) is 11.5 Å². The van der Waals surface area contributed by atoms with E-state index in [-0.39, 0.29) is 16.5 Å². The molecule has 0 spiro atoms. The second kappa shape index (κ2) is 12.0. The Bertz CT molecular complexity index is 1920. The molecule has 1 aliphatic heterocycles. The summed E-state index contributed by atoms with van der Waals surface area (Å²) in [5, 5.41) is 21.6. The molecule has 1 amide bonds. The number of hydrogen-bond donors (Lipinski definition) is 1. The number of carbonyl (C=O) groups is 2. The van der Waals surface area contributed by atoms with Crippen molar-refractivity contribution < 1.29 is 19.4 Å². The van der Waals surface area contributed by atoms with E-state index in [1.54, 1.807) is 66.1 Å². The lowest BCUT2D eigenvalue weighted by molar-refractivity contribution is -0.132. The fraction of sp³-hybridized carbons (Fsp3) is 0.167. The van der Waals surface area contributed by atoms with Crippen LogP contribution in [0.2, 0.25) is 10.0 Å². The summed E-state index contributed by atoms with van der Waals surface area (Å²) < 4.78 is 7.97. The highest BCUT2D eigenvalue weighted by Crippen LogP contribution is 2.45. The van der Waals surface area contributed by atoms with Crippen LogP contribution in [-0.4, -0.2) is 43.0 Å². The van der Waals surface area contributed by atoms with E-state index >= 15 is 0 Å². The van der Waals surface area contributed by atoms with E-state index in [1.165, 1.54) is 28.0 Å². The summed E-state index contributed by atoms with van der Waals surface area (Å²) in [5.74, 6) is -0.942. The molecule has 0 radical (unpaired) electrons. The minimum Gasteiger partial charge on any atom is -0.505 e. The van der Waals surface area contributed by atoms with Gasteiger partial charge in [0.25, 0.3) is 5.78 Å². The van der Waals surface area contributed by atoms with Gasteiger partial charge >= 0.3 is 5.91 Å². The summed E-state index contributed by atoms with van der Waals surface area (Å²) in [4.78, 5) is 33.2. The minimum absolute atomic E-state index is 0.0789. The molecule has 2 aromatic carbocycles. The van der Waals surface area contributed by atoms with Crippen LogP contribution in [0.1, 0.15) is 35.5 Å². The number of aliphatic hydroxyl groups is 1. The Morgan fingerprint density at radius 1 is 1.09 bits per heavy atom. The molecule has 0 aliphatic carbocycles. The number of aliphatic hydroxyl groups excluding tert-OH is 1. The number of thioether (sulfide) groups is 1. The number of nitrogens with zero attached hydrogens (tertiary/aromatic N) is 5. The van der Waals surface area contributed by atoms with E-state index < -0.39 is 17.7 Å². The molecule has 1 N–H and O–H groups in total. The van der Waals surface area contributed by atoms with Gasteiger partial charge in [-0.2, -0.15) is 0 Å². The van der Waals surface area contributed by atoms with E-state index in [1.807, 2.05) is 19.1 Å². The van der Waals surface area contributed by atoms with Crippen LogP contribution in [0.4, 0.5) is 5.13 Å². The zero-order chi connectivity index (χ0) is 30.2. The van der Waals surface area contributed by atoms with Crippen molar-refractivity contribution >= 4 is 74.5 Å². The number of anilines is 1. The summed E-state index contributed by atoms with van der Waals surface area (Å²) in [6.07, 6.45) is 1.74. The zero-order valence-corrected chi connectivity index (χ0v) is 26.0. The van der Waals surface area contributed by atoms with Crippen LogP contribution >= 0.6 is 46.3 Å². The number of hydrogen-bond acceptors (Lipinski definition) is 9. The van der Waals surface area contributed by atoms with Crippen molar-refractivity contribution in [3.8, 4) is 5.75 Å². The highest BCUT2D eigenvalue weighted by Gasteiger charge is 2.49. The van der Waals surface area contributed by atoms with Gasteiger partial charge in [0.05, 0.1) is 23.9 Å². The van der Waals surface area contributed by atoms with E-state index in [0.717, 1.165) is 5.56 Å². The van der Waals surface area contributed by atoms with Gasteiger partial charge in [-0.25, -0.2) is 4.98 Å². The zero-order valence-electron chi connectivity index (χ0n) is 22.8. The summed E-state index contributed by atoms with van der Waals surface area (Å²) in [5.41, 5.74) is 2.78. The third-order valence-electron chi connectivity index (χ3n) is 6.83. The monoisotopic (exact) mass is 651 g/mol. The fourth-order valence-corrected chi connectivity index (χ4v) is 7.38. The van der Waals surface area contributed by atoms with E-state index in [9.17, 15) is 14.7 Å². The topological polar surface area (TPSA) is 110 Å². The average Bonchev–Trinajstić information content (AvgIpc) is 3.66. The molecule has 218 valence electrons. The Hall–Kier alpha value is -3.90. The lowest BCUT2D eigenvalue weighted by atomic mass is 9.96. The molecule has 9 nitrogen and oxygen atoms in total. The number of pyridine rings is 1. The molecule has 13 heteroatoms. The number of Topliss-reactive ketones (excluding diaryl/α,β-unsaturated/α-hetero) is 1. The smallest absolute Gasteiger partial charge is 0.301 e. The number of carbonyl (C=O) groups excluding carboxylic acids is 2. The van der Waals surface area contributed by atoms with Crippen molar-refractivity contribution in [2.24, 2.45) is 0 Å². The third kappa shape index (κ3) is 5.49. The van der Waals surface area contributed by atoms with Gasteiger partial charge in [0.15, 0.2) is 10.1 Å². The van der Waals surface area contributed by atoms with Crippen molar-refractivity contribution in [3.05, 3.63) is 105 Å². The van der Waals surface area contributed by atoms with Crippen LogP contribution in [-0.2, 0) is 15.3 Å². The summed E-state index contributed by atoms with van der Waals surface area (Å²) in [6.45, 7) is 4.03. The number of ketones is 1. The maximum atomic E-state index is 13.7. The Kier molecular flexibility index (Phi) is 8.15. The molecule has 0 bridgehead atoms. The van der Waals surface area contributed by atoms with Gasteiger partial charge in [-0.05, 0) is 61.4 Å². The number of benzene rings is 2. The SMILES string of the molecule is CCOc1cccc(C2/C(=C(\O)c3c(C)nc4ccccn34)C(=O)C(=O)N2c2nnc(SCc3ccc(Cl)cc3Cl)s2)c1. The van der Waals surface area contributed by atoms with Crippen LogP contribution < -0.4 is 9.64 Å². The number of imidazole rings is 1. The maximum absolute atomic E-state index is 13.7. The van der Waals surface area contributed by atoms with Crippen LogP contribution in [0.3, 0.4) is 0 Å². The van der Waals surface area contributed by atoms with Crippen LogP contribution in [0.25, 0.3) is 11.4 Å². The van der Waals surface area contributed by atoms with Gasteiger partial charge in [-0.15, -0.1) is 10.2 Å². The van der Waals surface area contributed by atoms with Crippen molar-refractivity contribution in [1.29, 1.82) is 0 Å². The first-order chi connectivity index (χ1) is 20.8. The Morgan fingerprint density at radius 3 is 2.72 bits per heavy atom. The van der Waals surface area contributed by atoms with Gasteiger partial charge in [-0.3, -0.25) is 18.9 Å². The minimum atomic E-state index is -0.995. The molecule has 1 aliphatic rings. The number of ether oxygens (including phenoxy) is 1. The molecule has 0 saturated carbocycles. The number of fused-ring (bicyclic) bond motifs is 1. The second-order valence-electron chi connectivity index (χ2n) is 9.52. The largest absolute Gasteiger partial charge is 0.505 e. The fourth-order valence-electron chi connectivity index (χ4n) is 4.95. The van der Waals surface area contributed by atoms with Crippen molar-refractivity contribution in [1.82, 2.24) is 19.6 Å². The van der Waals surface area contributed by atoms with E-state index in [2.05, 4.69) is 15.2 Å². The molecule has 1 atom stereocenters. The molecular formula is C30H23Cl2N5O4S2. The highest BCUT2D eigenvalue weighted by atomic mass is 35.5. The summed E-state index contributed by atoms with van der Waals surface area (Å²) >= 11 is 14.9. The summed E-state index contributed by atoms with van der Waals surface area (Å²) in [6, 6.07) is 16.8. The molecule has 4 heterocycles. The normalized spacial score (nSPS) is 16.4. The van der Waals surface area contributed by atoms with Gasteiger partial charge in [0, 0.05) is 22.0 Å². The van der Waals surface area contributed by atoms with Crippen molar-refractivity contribution in [2.45, 2.75) is 30.0 Å². The predicted octanol–water partition coefficient (Wildman–Crippen LogP) is 7.12. The van der Waals surface area contributed by atoms with Crippen LogP contribution in [0.5, 0.6) is 5.75 Å². The summed E-state index contributed by atoms with van der Waals surface area (Å²) in [7, 11) is 0.